The van der Waals surface area contributed by atoms with Crippen molar-refractivity contribution in [3.05, 3.63) is 47.7 Å². The fourth-order valence-corrected chi connectivity index (χ4v) is 2.93. The van der Waals surface area contributed by atoms with Crippen LogP contribution in [0.4, 0.5) is 0 Å². The van der Waals surface area contributed by atoms with Gasteiger partial charge in [0.1, 0.15) is 6.10 Å². The number of likely N-dealkylation sites (tertiary alicyclic amines) is 1. The Bertz CT molecular complexity index is 809. The molecule has 2 heterocycles. The first kappa shape index (κ1) is 18.6. The number of hydrogen-bond donors (Lipinski definition) is 0. The number of aromatic nitrogens is 2. The van der Waals surface area contributed by atoms with Gasteiger partial charge < -0.3 is 19.1 Å². The molecule has 1 aliphatic heterocycles. The van der Waals surface area contributed by atoms with Gasteiger partial charge in [0.2, 0.25) is 5.88 Å². The number of hydrogen-bond acceptors (Lipinski definition) is 7. The van der Waals surface area contributed by atoms with Crippen LogP contribution in [-0.2, 0) is 4.74 Å². The summed E-state index contributed by atoms with van der Waals surface area (Å²) < 4.78 is 15.6. The van der Waals surface area contributed by atoms with Crippen LogP contribution in [0.5, 0.6) is 11.9 Å². The predicted molar refractivity (Wildman–Crippen MR) is 95.9 cm³/mol. The molecular formula is C19H21N3O5. The van der Waals surface area contributed by atoms with Crippen LogP contribution in [-0.4, -0.2) is 60.2 Å². The van der Waals surface area contributed by atoms with Gasteiger partial charge in [-0.15, -0.1) is 0 Å². The molecule has 1 amide bonds. The van der Waals surface area contributed by atoms with Crippen LogP contribution < -0.4 is 9.47 Å². The van der Waals surface area contributed by atoms with E-state index in [0.29, 0.717) is 30.1 Å². The molecule has 0 bridgehead atoms. The number of nitrogens with zero attached hydrogens (tertiary/aromatic N) is 3. The Hall–Kier alpha value is -3.16. The monoisotopic (exact) mass is 371 g/mol. The molecule has 0 saturated carbocycles. The zero-order chi connectivity index (χ0) is 19.2. The number of esters is 1. The van der Waals surface area contributed by atoms with Gasteiger partial charge >= 0.3 is 12.0 Å². The SMILES string of the molecule is COC(=O)c1ccc(C(=O)N2CCCC(Oc3ccnc(OC)n3)C2)cc1. The highest BCUT2D eigenvalue weighted by molar-refractivity contribution is 5.96. The van der Waals surface area contributed by atoms with Crippen LogP contribution in [0.3, 0.4) is 0 Å². The lowest BCUT2D eigenvalue weighted by atomic mass is 10.1. The van der Waals surface area contributed by atoms with Crippen LogP contribution >= 0.6 is 0 Å². The number of piperidine rings is 1. The van der Waals surface area contributed by atoms with Gasteiger partial charge in [0.05, 0.1) is 26.3 Å². The molecular weight excluding hydrogens is 350 g/mol. The molecule has 1 aromatic heterocycles. The van der Waals surface area contributed by atoms with E-state index in [1.807, 2.05) is 0 Å². The molecule has 0 N–H and O–H groups in total. The summed E-state index contributed by atoms with van der Waals surface area (Å²) in [5.41, 5.74) is 0.929. The van der Waals surface area contributed by atoms with Gasteiger partial charge in [-0.25, -0.2) is 9.78 Å². The summed E-state index contributed by atoms with van der Waals surface area (Å²) >= 11 is 0. The standard InChI is InChI=1S/C19H21N3O5/c1-25-18(24)14-7-5-13(6-8-14)17(23)22-11-3-4-15(12-22)27-16-9-10-20-19(21-16)26-2/h5-10,15H,3-4,11-12H2,1-2H3. The van der Waals surface area contributed by atoms with Gasteiger partial charge in [-0.2, -0.15) is 4.98 Å². The first-order valence-corrected chi connectivity index (χ1v) is 8.62. The van der Waals surface area contributed by atoms with Crippen molar-refractivity contribution >= 4 is 11.9 Å². The Morgan fingerprint density at radius 1 is 1.11 bits per heavy atom. The predicted octanol–water partition coefficient (Wildman–Crippen LogP) is 1.96. The fourth-order valence-electron chi connectivity index (χ4n) is 2.93. The van der Waals surface area contributed by atoms with E-state index in [1.54, 1.807) is 41.4 Å². The zero-order valence-corrected chi connectivity index (χ0v) is 15.3. The Morgan fingerprint density at radius 3 is 2.56 bits per heavy atom. The van der Waals surface area contributed by atoms with Crippen LogP contribution in [0.2, 0.25) is 0 Å². The molecule has 1 saturated heterocycles. The summed E-state index contributed by atoms with van der Waals surface area (Å²) in [4.78, 5) is 34.1. The minimum absolute atomic E-state index is 0.0972. The highest BCUT2D eigenvalue weighted by Gasteiger charge is 2.26. The second-order valence-electron chi connectivity index (χ2n) is 6.08. The third kappa shape index (κ3) is 4.52. The molecule has 27 heavy (non-hydrogen) atoms. The summed E-state index contributed by atoms with van der Waals surface area (Å²) in [6.07, 6.45) is 3.07. The van der Waals surface area contributed by atoms with E-state index in [9.17, 15) is 9.59 Å². The molecule has 0 aliphatic carbocycles. The van der Waals surface area contributed by atoms with Crippen molar-refractivity contribution in [1.82, 2.24) is 14.9 Å². The number of rotatable bonds is 5. The first-order chi connectivity index (χ1) is 13.1. The highest BCUT2D eigenvalue weighted by atomic mass is 16.5. The molecule has 1 aromatic carbocycles. The molecule has 8 nitrogen and oxygen atoms in total. The molecule has 1 aliphatic rings. The van der Waals surface area contributed by atoms with E-state index in [4.69, 9.17) is 9.47 Å². The van der Waals surface area contributed by atoms with E-state index in [0.717, 1.165) is 12.8 Å². The van der Waals surface area contributed by atoms with Crippen molar-refractivity contribution in [2.45, 2.75) is 18.9 Å². The molecule has 3 rings (SSSR count). The highest BCUT2D eigenvalue weighted by Crippen LogP contribution is 2.19. The average molecular weight is 371 g/mol. The second-order valence-corrected chi connectivity index (χ2v) is 6.08. The third-order valence-corrected chi connectivity index (χ3v) is 4.30. The molecule has 0 radical (unpaired) electrons. The third-order valence-electron chi connectivity index (χ3n) is 4.30. The fraction of sp³-hybridized carbons (Fsp3) is 0.368. The first-order valence-electron chi connectivity index (χ1n) is 8.62. The number of amides is 1. The average Bonchev–Trinajstić information content (AvgIpc) is 2.73. The number of methoxy groups -OCH3 is 2. The maximum Gasteiger partial charge on any atom is 0.337 e. The van der Waals surface area contributed by atoms with Crippen molar-refractivity contribution in [3.63, 3.8) is 0 Å². The van der Waals surface area contributed by atoms with E-state index in [-0.39, 0.29) is 18.0 Å². The maximum atomic E-state index is 12.8. The van der Waals surface area contributed by atoms with E-state index in [1.165, 1.54) is 14.2 Å². The Kier molecular flexibility index (Phi) is 5.85. The van der Waals surface area contributed by atoms with Crippen LogP contribution in [0.25, 0.3) is 0 Å². The largest absolute Gasteiger partial charge is 0.472 e. The van der Waals surface area contributed by atoms with Crippen LogP contribution in [0.15, 0.2) is 36.5 Å². The van der Waals surface area contributed by atoms with Crippen LogP contribution in [0, 0.1) is 0 Å². The van der Waals surface area contributed by atoms with Gasteiger partial charge in [-0.3, -0.25) is 4.79 Å². The summed E-state index contributed by atoms with van der Waals surface area (Å²) in [5, 5.41) is 0. The normalized spacial score (nSPS) is 16.5. The molecule has 1 fully saturated rings. The van der Waals surface area contributed by atoms with Gasteiger partial charge in [0.15, 0.2) is 0 Å². The Morgan fingerprint density at radius 2 is 1.85 bits per heavy atom. The molecule has 1 atom stereocenters. The minimum atomic E-state index is -0.430. The number of carbonyl (C=O) groups is 2. The van der Waals surface area contributed by atoms with Crippen molar-refractivity contribution < 1.29 is 23.8 Å². The van der Waals surface area contributed by atoms with Crippen molar-refractivity contribution in [2.24, 2.45) is 0 Å². The molecule has 0 spiro atoms. The van der Waals surface area contributed by atoms with Crippen molar-refractivity contribution in [3.8, 4) is 11.9 Å². The summed E-state index contributed by atoms with van der Waals surface area (Å²) in [6, 6.07) is 8.34. The van der Waals surface area contributed by atoms with Gasteiger partial charge in [-0.05, 0) is 37.1 Å². The summed E-state index contributed by atoms with van der Waals surface area (Å²) in [7, 11) is 2.81. The van der Waals surface area contributed by atoms with E-state index < -0.39 is 5.97 Å². The lowest BCUT2D eigenvalue weighted by molar-refractivity contribution is 0.0524. The van der Waals surface area contributed by atoms with Crippen molar-refractivity contribution in [1.29, 1.82) is 0 Å². The summed E-state index contributed by atoms with van der Waals surface area (Å²) in [6.45, 7) is 1.12. The van der Waals surface area contributed by atoms with Gasteiger partial charge in [-0.1, -0.05) is 0 Å². The molecule has 1 unspecified atom stereocenters. The van der Waals surface area contributed by atoms with Crippen molar-refractivity contribution in [2.75, 3.05) is 27.3 Å². The van der Waals surface area contributed by atoms with Gasteiger partial charge in [0.25, 0.3) is 5.91 Å². The number of benzene rings is 1. The van der Waals surface area contributed by atoms with Crippen LogP contribution in [0.1, 0.15) is 33.6 Å². The number of ether oxygens (including phenoxy) is 3. The maximum absolute atomic E-state index is 12.8. The zero-order valence-electron chi connectivity index (χ0n) is 15.3. The van der Waals surface area contributed by atoms with E-state index >= 15 is 0 Å². The Balaban J connectivity index is 1.64. The number of carbonyl (C=O) groups excluding carboxylic acids is 2. The molecule has 142 valence electrons. The minimum Gasteiger partial charge on any atom is -0.472 e. The van der Waals surface area contributed by atoms with E-state index in [2.05, 4.69) is 14.7 Å². The molecule has 2 aromatic rings. The Labute approximate surface area is 157 Å². The lowest BCUT2D eigenvalue weighted by Gasteiger charge is -2.32. The smallest absolute Gasteiger partial charge is 0.337 e. The molecule has 8 heteroatoms. The topological polar surface area (TPSA) is 90.9 Å². The lowest BCUT2D eigenvalue weighted by Crippen LogP contribution is -2.44. The quantitative estimate of drug-likeness (QED) is 0.742. The summed E-state index contributed by atoms with van der Waals surface area (Å²) in [5.74, 6) is -0.107. The second kappa shape index (κ2) is 8.48. The van der Waals surface area contributed by atoms with Gasteiger partial charge in [0, 0.05) is 24.4 Å².